The summed E-state index contributed by atoms with van der Waals surface area (Å²) in [6, 6.07) is 7.55. The van der Waals surface area contributed by atoms with Crippen LogP contribution in [0.25, 0.3) is 0 Å². The van der Waals surface area contributed by atoms with Crippen molar-refractivity contribution in [3.05, 3.63) is 29.3 Å². The SMILES string of the molecule is CCOC(=O)NNC(=O)CCCSc1ccc(Cl)cc1. The van der Waals surface area contributed by atoms with E-state index in [0.717, 1.165) is 10.6 Å². The maximum absolute atomic E-state index is 11.4. The molecule has 2 amide bonds. The zero-order valence-corrected chi connectivity index (χ0v) is 12.7. The lowest BCUT2D eigenvalue weighted by atomic mass is 10.3. The predicted molar refractivity (Wildman–Crippen MR) is 79.7 cm³/mol. The van der Waals surface area contributed by atoms with Gasteiger partial charge in [0.15, 0.2) is 0 Å². The number of ether oxygens (including phenoxy) is 1. The summed E-state index contributed by atoms with van der Waals surface area (Å²) in [5.74, 6) is 0.573. The number of halogens is 1. The Morgan fingerprint density at radius 3 is 2.60 bits per heavy atom. The summed E-state index contributed by atoms with van der Waals surface area (Å²) in [4.78, 5) is 23.4. The fraction of sp³-hybridized carbons (Fsp3) is 0.385. The monoisotopic (exact) mass is 316 g/mol. The van der Waals surface area contributed by atoms with Gasteiger partial charge in [-0.05, 0) is 43.4 Å². The summed E-state index contributed by atoms with van der Waals surface area (Å²) in [7, 11) is 0. The molecule has 0 unspecified atom stereocenters. The van der Waals surface area contributed by atoms with E-state index in [9.17, 15) is 9.59 Å². The third-order valence-corrected chi connectivity index (χ3v) is 3.56. The summed E-state index contributed by atoms with van der Waals surface area (Å²) in [6.45, 7) is 1.95. The highest BCUT2D eigenvalue weighted by molar-refractivity contribution is 7.99. The van der Waals surface area contributed by atoms with Crippen LogP contribution in [0.2, 0.25) is 5.02 Å². The Bertz CT molecular complexity index is 440. The second-order valence-corrected chi connectivity index (χ2v) is 5.40. The first kappa shape index (κ1) is 16.7. The van der Waals surface area contributed by atoms with Crippen molar-refractivity contribution >= 4 is 35.4 Å². The number of hydrogen-bond donors (Lipinski definition) is 2. The van der Waals surface area contributed by atoms with Gasteiger partial charge in [0, 0.05) is 16.3 Å². The quantitative estimate of drug-likeness (QED) is 0.481. The van der Waals surface area contributed by atoms with E-state index in [-0.39, 0.29) is 12.5 Å². The summed E-state index contributed by atoms with van der Waals surface area (Å²) < 4.78 is 4.61. The highest BCUT2D eigenvalue weighted by Gasteiger charge is 2.04. The molecule has 0 fully saturated rings. The molecule has 0 aliphatic carbocycles. The average molecular weight is 317 g/mol. The molecule has 0 aliphatic rings. The predicted octanol–water partition coefficient (Wildman–Crippen LogP) is 2.99. The van der Waals surface area contributed by atoms with Crippen LogP contribution in [-0.2, 0) is 9.53 Å². The molecule has 2 N–H and O–H groups in total. The Morgan fingerprint density at radius 2 is 1.95 bits per heavy atom. The van der Waals surface area contributed by atoms with Crippen molar-refractivity contribution in [1.29, 1.82) is 0 Å². The molecule has 1 aromatic rings. The fourth-order valence-corrected chi connectivity index (χ4v) is 2.28. The van der Waals surface area contributed by atoms with E-state index in [4.69, 9.17) is 11.6 Å². The number of rotatable bonds is 6. The van der Waals surface area contributed by atoms with E-state index >= 15 is 0 Å². The lowest BCUT2D eigenvalue weighted by Crippen LogP contribution is -2.41. The van der Waals surface area contributed by atoms with Crippen molar-refractivity contribution in [2.45, 2.75) is 24.7 Å². The van der Waals surface area contributed by atoms with Crippen molar-refractivity contribution in [2.24, 2.45) is 0 Å². The molecule has 0 bridgehead atoms. The zero-order chi connectivity index (χ0) is 14.8. The van der Waals surface area contributed by atoms with Gasteiger partial charge in [0.05, 0.1) is 6.61 Å². The molecule has 0 radical (unpaired) electrons. The molecule has 0 spiro atoms. The lowest BCUT2D eigenvalue weighted by Gasteiger charge is -2.07. The van der Waals surface area contributed by atoms with E-state index in [1.165, 1.54) is 0 Å². The minimum atomic E-state index is -0.656. The minimum absolute atomic E-state index is 0.241. The van der Waals surface area contributed by atoms with Crippen molar-refractivity contribution < 1.29 is 14.3 Å². The second kappa shape index (κ2) is 9.50. The number of carbonyl (C=O) groups excluding carboxylic acids is 2. The summed E-state index contributed by atoms with van der Waals surface area (Å²) in [5, 5.41) is 0.707. The van der Waals surface area contributed by atoms with Crippen LogP contribution in [-0.4, -0.2) is 24.4 Å². The Kier molecular flexibility index (Phi) is 7.91. The molecule has 0 saturated carbocycles. The van der Waals surface area contributed by atoms with Crippen LogP contribution >= 0.6 is 23.4 Å². The largest absolute Gasteiger partial charge is 0.449 e. The van der Waals surface area contributed by atoms with E-state index < -0.39 is 6.09 Å². The van der Waals surface area contributed by atoms with Gasteiger partial charge >= 0.3 is 6.09 Å². The number of carbonyl (C=O) groups is 2. The molecule has 7 heteroatoms. The van der Waals surface area contributed by atoms with E-state index in [1.807, 2.05) is 24.3 Å². The van der Waals surface area contributed by atoms with Gasteiger partial charge in [0.2, 0.25) is 5.91 Å². The fourth-order valence-electron chi connectivity index (χ4n) is 1.30. The number of benzene rings is 1. The van der Waals surface area contributed by atoms with Gasteiger partial charge in [0.25, 0.3) is 0 Å². The van der Waals surface area contributed by atoms with Crippen LogP contribution in [0.5, 0.6) is 0 Å². The standard InChI is InChI=1S/C13H17ClN2O3S/c1-2-19-13(18)16-15-12(17)4-3-9-20-11-7-5-10(14)6-8-11/h5-8H,2-4,9H2,1H3,(H,15,17)(H,16,18). The summed E-state index contributed by atoms with van der Waals surface area (Å²) in [5.41, 5.74) is 4.45. The Morgan fingerprint density at radius 1 is 1.25 bits per heavy atom. The summed E-state index contributed by atoms with van der Waals surface area (Å²) in [6.07, 6.45) is 0.396. The zero-order valence-electron chi connectivity index (χ0n) is 11.1. The van der Waals surface area contributed by atoms with Gasteiger partial charge in [-0.1, -0.05) is 11.6 Å². The van der Waals surface area contributed by atoms with Gasteiger partial charge in [-0.25, -0.2) is 10.2 Å². The van der Waals surface area contributed by atoms with Crippen molar-refractivity contribution in [3.63, 3.8) is 0 Å². The molecule has 5 nitrogen and oxygen atoms in total. The van der Waals surface area contributed by atoms with Crippen molar-refractivity contribution in [1.82, 2.24) is 10.9 Å². The first-order valence-electron chi connectivity index (χ1n) is 6.21. The van der Waals surface area contributed by atoms with Crippen LogP contribution in [0.4, 0.5) is 4.79 Å². The highest BCUT2D eigenvalue weighted by Crippen LogP contribution is 2.21. The third-order valence-electron chi connectivity index (χ3n) is 2.21. The molecule has 110 valence electrons. The van der Waals surface area contributed by atoms with Gasteiger partial charge in [-0.2, -0.15) is 0 Å². The normalized spacial score (nSPS) is 9.90. The molecule has 1 rings (SSSR count). The van der Waals surface area contributed by atoms with Crippen LogP contribution in [0.3, 0.4) is 0 Å². The van der Waals surface area contributed by atoms with Crippen molar-refractivity contribution in [2.75, 3.05) is 12.4 Å². The molecule has 1 aromatic carbocycles. The second-order valence-electron chi connectivity index (χ2n) is 3.80. The van der Waals surface area contributed by atoms with Crippen LogP contribution in [0.1, 0.15) is 19.8 Å². The highest BCUT2D eigenvalue weighted by atomic mass is 35.5. The topological polar surface area (TPSA) is 67.4 Å². The number of amides is 2. The molecule has 20 heavy (non-hydrogen) atoms. The molecular weight excluding hydrogens is 300 g/mol. The molecular formula is C13H17ClN2O3S. The van der Waals surface area contributed by atoms with E-state index in [2.05, 4.69) is 15.6 Å². The maximum atomic E-state index is 11.4. The van der Waals surface area contributed by atoms with Crippen molar-refractivity contribution in [3.8, 4) is 0 Å². The van der Waals surface area contributed by atoms with Gasteiger partial charge in [-0.3, -0.25) is 10.2 Å². The third kappa shape index (κ3) is 7.25. The summed E-state index contributed by atoms with van der Waals surface area (Å²) >= 11 is 7.44. The van der Waals surface area contributed by atoms with Gasteiger partial charge in [-0.15, -0.1) is 11.8 Å². The number of hydrogen-bond acceptors (Lipinski definition) is 4. The van der Waals surface area contributed by atoms with Crippen LogP contribution in [0.15, 0.2) is 29.2 Å². The number of nitrogens with one attached hydrogen (secondary N) is 2. The smallest absolute Gasteiger partial charge is 0.426 e. The average Bonchev–Trinajstić information content (AvgIpc) is 2.43. The van der Waals surface area contributed by atoms with E-state index in [0.29, 0.717) is 17.9 Å². The van der Waals surface area contributed by atoms with Crippen LogP contribution < -0.4 is 10.9 Å². The molecule has 0 atom stereocenters. The maximum Gasteiger partial charge on any atom is 0.426 e. The Hall–Kier alpha value is -1.40. The molecule has 0 heterocycles. The Labute approximate surface area is 127 Å². The number of thioether (sulfide) groups is 1. The van der Waals surface area contributed by atoms with Gasteiger partial charge in [0.1, 0.15) is 0 Å². The molecule has 0 aromatic heterocycles. The Balaban J connectivity index is 2.10. The first-order valence-corrected chi connectivity index (χ1v) is 7.58. The van der Waals surface area contributed by atoms with Gasteiger partial charge < -0.3 is 4.74 Å². The lowest BCUT2D eigenvalue weighted by molar-refractivity contribution is -0.121. The van der Waals surface area contributed by atoms with E-state index in [1.54, 1.807) is 18.7 Å². The van der Waals surface area contributed by atoms with Crippen LogP contribution in [0, 0.1) is 0 Å². The minimum Gasteiger partial charge on any atom is -0.449 e. The molecule has 0 aliphatic heterocycles. The molecule has 0 saturated heterocycles. The first-order chi connectivity index (χ1) is 9.61. The number of hydrazine groups is 1.